The van der Waals surface area contributed by atoms with E-state index in [0.29, 0.717) is 0 Å². The largest absolute Gasteiger partial charge is 0.389 e. The van der Waals surface area contributed by atoms with Crippen molar-refractivity contribution in [3.63, 3.8) is 0 Å². The minimum atomic E-state index is -3.78. The molecule has 1 N–H and O–H groups in total. The number of nitrogens with one attached hydrogen (secondary N) is 1. The zero-order valence-electron chi connectivity index (χ0n) is 13.8. The van der Waals surface area contributed by atoms with Crippen LogP contribution in [0.1, 0.15) is 32.9 Å². The van der Waals surface area contributed by atoms with Crippen LogP contribution in [0.4, 0.5) is 10.1 Å². The first-order chi connectivity index (χ1) is 11.6. The minimum Gasteiger partial charge on any atom is -0.389 e. The van der Waals surface area contributed by atoms with Gasteiger partial charge in [-0.25, -0.2) is 12.8 Å². The van der Waals surface area contributed by atoms with Crippen molar-refractivity contribution < 1.29 is 27.0 Å². The summed E-state index contributed by atoms with van der Waals surface area (Å²) in [5.74, 6) is -1.65. The van der Waals surface area contributed by atoms with Gasteiger partial charge in [0.1, 0.15) is 22.9 Å². The summed E-state index contributed by atoms with van der Waals surface area (Å²) in [6, 6.07) is 2.34. The quantitative estimate of drug-likeness (QED) is 0.889. The van der Waals surface area contributed by atoms with E-state index in [1.807, 2.05) is 0 Å². The lowest BCUT2D eigenvalue weighted by Gasteiger charge is -2.13. The van der Waals surface area contributed by atoms with Gasteiger partial charge in [0, 0.05) is 24.8 Å². The Morgan fingerprint density at radius 3 is 2.72 bits per heavy atom. The Morgan fingerprint density at radius 2 is 2.12 bits per heavy atom. The van der Waals surface area contributed by atoms with Crippen LogP contribution in [0, 0.1) is 5.82 Å². The van der Waals surface area contributed by atoms with Crippen LogP contribution in [-0.4, -0.2) is 30.1 Å². The molecule has 0 radical (unpaired) electrons. The summed E-state index contributed by atoms with van der Waals surface area (Å²) in [4.78, 5) is 16.1. The fourth-order valence-electron chi connectivity index (χ4n) is 2.43. The standard InChI is InChI=1S/C15H16FN3O5S/c1-8(20)17-11-5-13-9(4-10(11)16)12(18-23-13)7-25(21,22)14-6-15(2,3)24-19-14/h4-5H,6-7H2,1-3H3,(H,17,20). The predicted octanol–water partition coefficient (Wildman–Crippen LogP) is 2.35. The maximum atomic E-state index is 14.1. The Hall–Kier alpha value is -2.49. The Morgan fingerprint density at radius 1 is 1.40 bits per heavy atom. The fourth-order valence-corrected chi connectivity index (χ4v) is 3.88. The number of oxime groups is 1. The first-order valence-corrected chi connectivity index (χ1v) is 9.06. The van der Waals surface area contributed by atoms with Crippen molar-refractivity contribution in [2.45, 2.75) is 38.5 Å². The van der Waals surface area contributed by atoms with E-state index in [1.165, 1.54) is 13.0 Å². The van der Waals surface area contributed by atoms with Gasteiger partial charge < -0.3 is 14.7 Å². The third-order valence-electron chi connectivity index (χ3n) is 3.60. The molecular formula is C15H16FN3O5S. The van der Waals surface area contributed by atoms with Gasteiger partial charge in [0.2, 0.25) is 15.7 Å². The number of hydrogen-bond acceptors (Lipinski definition) is 7. The molecule has 0 aliphatic carbocycles. The minimum absolute atomic E-state index is 0.0654. The van der Waals surface area contributed by atoms with Crippen LogP contribution in [0.2, 0.25) is 0 Å². The van der Waals surface area contributed by atoms with Crippen LogP contribution in [-0.2, 0) is 25.2 Å². The van der Waals surface area contributed by atoms with E-state index >= 15 is 0 Å². The second-order valence-electron chi connectivity index (χ2n) is 6.41. The third kappa shape index (κ3) is 3.48. The van der Waals surface area contributed by atoms with Crippen molar-refractivity contribution in [1.82, 2.24) is 5.16 Å². The van der Waals surface area contributed by atoms with Crippen LogP contribution in [0.25, 0.3) is 11.0 Å². The number of nitrogens with zero attached hydrogens (tertiary/aromatic N) is 2. The van der Waals surface area contributed by atoms with Gasteiger partial charge in [-0.1, -0.05) is 10.3 Å². The fraction of sp³-hybridized carbons (Fsp3) is 0.400. The van der Waals surface area contributed by atoms with E-state index in [2.05, 4.69) is 15.6 Å². The second-order valence-corrected chi connectivity index (χ2v) is 8.40. The number of aromatic nitrogens is 1. The van der Waals surface area contributed by atoms with Gasteiger partial charge in [0.05, 0.1) is 5.69 Å². The summed E-state index contributed by atoms with van der Waals surface area (Å²) < 4.78 is 44.1. The van der Waals surface area contributed by atoms with Crippen molar-refractivity contribution in [3.8, 4) is 0 Å². The maximum absolute atomic E-state index is 14.1. The molecule has 1 aromatic heterocycles. The van der Waals surface area contributed by atoms with Crippen molar-refractivity contribution >= 4 is 37.4 Å². The van der Waals surface area contributed by atoms with E-state index < -0.39 is 32.9 Å². The number of amides is 1. The van der Waals surface area contributed by atoms with Gasteiger partial charge in [0.25, 0.3) is 0 Å². The zero-order valence-corrected chi connectivity index (χ0v) is 14.6. The molecule has 0 atom stereocenters. The second kappa shape index (κ2) is 5.80. The molecule has 0 saturated carbocycles. The molecule has 2 heterocycles. The summed E-state index contributed by atoms with van der Waals surface area (Å²) in [7, 11) is -3.78. The average Bonchev–Trinajstić information content (AvgIpc) is 3.03. The molecule has 1 aliphatic rings. The Kier molecular flexibility index (Phi) is 4.02. The van der Waals surface area contributed by atoms with E-state index in [9.17, 15) is 17.6 Å². The van der Waals surface area contributed by atoms with Gasteiger partial charge in [-0.2, -0.15) is 0 Å². The number of carbonyl (C=O) groups is 1. The highest BCUT2D eigenvalue weighted by Gasteiger charge is 2.36. The Labute approximate surface area is 142 Å². The number of rotatable bonds is 3. The molecule has 1 aromatic carbocycles. The molecule has 10 heteroatoms. The molecule has 3 rings (SSSR count). The normalized spacial score (nSPS) is 16.6. The van der Waals surface area contributed by atoms with E-state index in [1.54, 1.807) is 13.8 Å². The van der Waals surface area contributed by atoms with Crippen molar-refractivity contribution in [3.05, 3.63) is 23.6 Å². The number of sulfone groups is 1. The summed E-state index contributed by atoms with van der Waals surface area (Å²) in [6.07, 6.45) is 0.145. The lowest BCUT2D eigenvalue weighted by molar-refractivity contribution is -0.114. The first kappa shape index (κ1) is 17.3. The molecule has 1 aliphatic heterocycles. The van der Waals surface area contributed by atoms with Crippen LogP contribution in [0.5, 0.6) is 0 Å². The predicted molar refractivity (Wildman–Crippen MR) is 88.1 cm³/mol. The molecule has 0 unspecified atom stereocenters. The highest BCUT2D eigenvalue weighted by atomic mass is 32.2. The van der Waals surface area contributed by atoms with Crippen LogP contribution in [0.15, 0.2) is 21.8 Å². The molecule has 0 bridgehead atoms. The summed E-state index contributed by atoms with van der Waals surface area (Å²) in [6.45, 7) is 4.70. The topological polar surface area (TPSA) is 111 Å². The molecule has 2 aromatic rings. The van der Waals surface area contributed by atoms with Crippen molar-refractivity contribution in [1.29, 1.82) is 0 Å². The van der Waals surface area contributed by atoms with E-state index in [4.69, 9.17) is 9.36 Å². The van der Waals surface area contributed by atoms with Crippen LogP contribution in [0.3, 0.4) is 0 Å². The lowest BCUT2D eigenvalue weighted by Crippen LogP contribution is -2.23. The molecule has 134 valence electrons. The van der Waals surface area contributed by atoms with E-state index in [-0.39, 0.29) is 33.8 Å². The third-order valence-corrected chi connectivity index (χ3v) is 5.19. The summed E-state index contributed by atoms with van der Waals surface area (Å²) in [5.41, 5.74) is -0.523. The zero-order chi connectivity index (χ0) is 18.4. The molecule has 0 fully saturated rings. The van der Waals surface area contributed by atoms with Gasteiger partial charge >= 0.3 is 0 Å². The van der Waals surface area contributed by atoms with Crippen molar-refractivity contribution in [2.24, 2.45) is 5.16 Å². The number of benzene rings is 1. The molecule has 8 nitrogen and oxygen atoms in total. The van der Waals surface area contributed by atoms with Gasteiger partial charge in [-0.3, -0.25) is 4.79 Å². The lowest BCUT2D eigenvalue weighted by atomic mass is 10.1. The summed E-state index contributed by atoms with van der Waals surface area (Å²) in [5, 5.41) is 9.81. The molecule has 0 saturated heterocycles. The smallest absolute Gasteiger partial charge is 0.221 e. The number of halogens is 1. The SMILES string of the molecule is CC(=O)Nc1cc2onc(CS(=O)(=O)C3=NOC(C)(C)C3)c2cc1F. The van der Waals surface area contributed by atoms with Crippen LogP contribution < -0.4 is 5.32 Å². The first-order valence-electron chi connectivity index (χ1n) is 7.41. The molecule has 25 heavy (non-hydrogen) atoms. The van der Waals surface area contributed by atoms with Gasteiger partial charge in [-0.15, -0.1) is 0 Å². The highest BCUT2D eigenvalue weighted by molar-refractivity contribution is 8.05. The molecular weight excluding hydrogens is 353 g/mol. The van der Waals surface area contributed by atoms with Gasteiger partial charge in [-0.05, 0) is 19.9 Å². The van der Waals surface area contributed by atoms with Gasteiger partial charge in [0.15, 0.2) is 10.6 Å². The van der Waals surface area contributed by atoms with E-state index in [0.717, 1.165) is 6.07 Å². The maximum Gasteiger partial charge on any atom is 0.221 e. The number of fused-ring (bicyclic) bond motifs is 1. The molecule has 0 spiro atoms. The number of anilines is 1. The van der Waals surface area contributed by atoms with Crippen LogP contribution >= 0.6 is 0 Å². The number of hydrogen-bond donors (Lipinski definition) is 1. The monoisotopic (exact) mass is 369 g/mol. The van der Waals surface area contributed by atoms with Crippen molar-refractivity contribution in [2.75, 3.05) is 5.32 Å². The summed E-state index contributed by atoms with van der Waals surface area (Å²) >= 11 is 0. The number of carbonyl (C=O) groups excluding carboxylic acids is 1. The molecule has 1 amide bonds. The average molecular weight is 369 g/mol. The Bertz CT molecular complexity index is 994. The Balaban J connectivity index is 1.92. The highest BCUT2D eigenvalue weighted by Crippen LogP contribution is 2.29.